The normalized spacial score (nSPS) is 18.7. The van der Waals surface area contributed by atoms with Crippen molar-refractivity contribution in [3.63, 3.8) is 0 Å². The Bertz CT molecular complexity index is 270. The van der Waals surface area contributed by atoms with Gasteiger partial charge in [-0.3, -0.25) is 0 Å². The second kappa shape index (κ2) is 6.08. The van der Waals surface area contributed by atoms with Crippen LogP contribution in [0.5, 0.6) is 0 Å². The highest BCUT2D eigenvalue weighted by molar-refractivity contribution is 5.68. The van der Waals surface area contributed by atoms with Crippen molar-refractivity contribution < 1.29 is 9.53 Å². The average Bonchev–Trinajstić information content (AvgIpc) is 2.24. The van der Waals surface area contributed by atoms with Crippen LogP contribution in [0.2, 0.25) is 0 Å². The van der Waals surface area contributed by atoms with Gasteiger partial charge in [0.1, 0.15) is 5.60 Å². The molecule has 1 fully saturated rings. The maximum absolute atomic E-state index is 11.8. The Kier molecular flexibility index (Phi) is 5.03. The van der Waals surface area contributed by atoms with Crippen molar-refractivity contribution in [2.24, 2.45) is 5.92 Å². The fraction of sp³-hybridized carbons (Fsp3) is 0.786. The van der Waals surface area contributed by atoms with Crippen LogP contribution in [0.15, 0.2) is 12.2 Å². The van der Waals surface area contributed by atoms with Crippen molar-refractivity contribution >= 4 is 6.09 Å². The van der Waals surface area contributed by atoms with E-state index in [1.165, 1.54) is 0 Å². The zero-order valence-electron chi connectivity index (χ0n) is 11.5. The van der Waals surface area contributed by atoms with E-state index in [4.69, 9.17) is 4.74 Å². The molecular weight excluding hydrogens is 214 g/mol. The third-order valence-electron chi connectivity index (χ3n) is 2.97. The number of hydrogen-bond acceptors (Lipinski definition) is 2. The first-order chi connectivity index (χ1) is 7.92. The van der Waals surface area contributed by atoms with Crippen LogP contribution in [0.25, 0.3) is 0 Å². The van der Waals surface area contributed by atoms with Gasteiger partial charge in [-0.05, 0) is 52.9 Å². The molecule has 3 heteroatoms. The summed E-state index contributed by atoms with van der Waals surface area (Å²) >= 11 is 0. The SMILES string of the molecule is CC=CCC1CCN(C(=O)OC(C)(C)C)CC1. The molecule has 0 bridgehead atoms. The van der Waals surface area contributed by atoms with Crippen molar-refractivity contribution in [3.8, 4) is 0 Å². The third kappa shape index (κ3) is 5.24. The predicted molar refractivity (Wildman–Crippen MR) is 70.0 cm³/mol. The number of likely N-dealkylation sites (tertiary alicyclic amines) is 1. The highest BCUT2D eigenvalue weighted by atomic mass is 16.6. The molecule has 0 spiro atoms. The van der Waals surface area contributed by atoms with E-state index in [1.807, 2.05) is 25.7 Å². The number of nitrogens with zero attached hydrogens (tertiary/aromatic N) is 1. The summed E-state index contributed by atoms with van der Waals surface area (Å²) in [6.45, 7) is 9.43. The van der Waals surface area contributed by atoms with Gasteiger partial charge in [0.15, 0.2) is 0 Å². The van der Waals surface area contributed by atoms with Crippen LogP contribution in [-0.4, -0.2) is 29.7 Å². The average molecular weight is 239 g/mol. The van der Waals surface area contributed by atoms with Crippen molar-refractivity contribution in [1.29, 1.82) is 0 Å². The first-order valence-electron chi connectivity index (χ1n) is 6.51. The Hall–Kier alpha value is -0.990. The van der Waals surface area contributed by atoms with Gasteiger partial charge in [0, 0.05) is 13.1 Å². The van der Waals surface area contributed by atoms with E-state index >= 15 is 0 Å². The fourth-order valence-corrected chi connectivity index (χ4v) is 2.01. The Balaban J connectivity index is 2.34. The van der Waals surface area contributed by atoms with Gasteiger partial charge in [0.05, 0.1) is 0 Å². The molecule has 1 amide bonds. The Morgan fingerprint density at radius 3 is 2.41 bits per heavy atom. The van der Waals surface area contributed by atoms with Gasteiger partial charge in [-0.2, -0.15) is 0 Å². The van der Waals surface area contributed by atoms with Crippen LogP contribution in [0.1, 0.15) is 47.0 Å². The van der Waals surface area contributed by atoms with E-state index < -0.39 is 0 Å². The van der Waals surface area contributed by atoms with Gasteiger partial charge in [-0.1, -0.05) is 12.2 Å². The molecule has 0 aliphatic carbocycles. The maximum atomic E-state index is 11.8. The minimum atomic E-state index is -0.390. The molecule has 17 heavy (non-hydrogen) atoms. The number of hydrogen-bond donors (Lipinski definition) is 0. The van der Waals surface area contributed by atoms with E-state index in [9.17, 15) is 4.79 Å². The number of rotatable bonds is 2. The summed E-state index contributed by atoms with van der Waals surface area (Å²) in [5, 5.41) is 0. The molecule has 0 aromatic heterocycles. The third-order valence-corrected chi connectivity index (χ3v) is 2.97. The first kappa shape index (κ1) is 14.1. The fourth-order valence-electron chi connectivity index (χ4n) is 2.01. The lowest BCUT2D eigenvalue weighted by molar-refractivity contribution is 0.0185. The maximum Gasteiger partial charge on any atom is 0.410 e. The molecule has 1 rings (SSSR count). The van der Waals surface area contributed by atoms with Gasteiger partial charge in [-0.15, -0.1) is 0 Å². The summed E-state index contributed by atoms with van der Waals surface area (Å²) in [6, 6.07) is 0. The summed E-state index contributed by atoms with van der Waals surface area (Å²) in [4.78, 5) is 13.7. The first-order valence-corrected chi connectivity index (χ1v) is 6.51. The number of allylic oxidation sites excluding steroid dienone is 2. The molecule has 0 aromatic rings. The minimum absolute atomic E-state index is 0.165. The molecule has 0 radical (unpaired) electrons. The van der Waals surface area contributed by atoms with Gasteiger partial charge < -0.3 is 9.64 Å². The van der Waals surface area contributed by atoms with Crippen LogP contribution in [0, 0.1) is 5.92 Å². The summed E-state index contributed by atoms with van der Waals surface area (Å²) in [5.41, 5.74) is -0.390. The Labute approximate surface area is 105 Å². The van der Waals surface area contributed by atoms with Crippen LogP contribution >= 0.6 is 0 Å². The lowest BCUT2D eigenvalue weighted by Gasteiger charge is -2.33. The smallest absolute Gasteiger partial charge is 0.410 e. The highest BCUT2D eigenvalue weighted by Gasteiger charge is 2.26. The molecule has 3 nitrogen and oxygen atoms in total. The molecule has 0 saturated carbocycles. The summed E-state index contributed by atoms with van der Waals surface area (Å²) < 4.78 is 5.37. The number of carbonyl (C=O) groups excluding carboxylic acids is 1. The molecule has 0 atom stereocenters. The molecular formula is C14H25NO2. The zero-order chi connectivity index (χ0) is 12.9. The standard InChI is InChI=1S/C14H25NO2/c1-5-6-7-12-8-10-15(11-9-12)13(16)17-14(2,3)4/h5-6,12H,7-11H2,1-4H3. The number of ether oxygens (including phenoxy) is 1. The number of amides is 1. The molecule has 1 heterocycles. The quantitative estimate of drug-likeness (QED) is 0.689. The number of piperidine rings is 1. The van der Waals surface area contributed by atoms with Crippen LogP contribution in [-0.2, 0) is 4.74 Å². The topological polar surface area (TPSA) is 29.5 Å². The monoisotopic (exact) mass is 239 g/mol. The summed E-state index contributed by atoms with van der Waals surface area (Å²) in [6.07, 6.45) is 7.46. The number of carbonyl (C=O) groups is 1. The summed E-state index contributed by atoms with van der Waals surface area (Å²) in [5.74, 6) is 0.727. The van der Waals surface area contributed by atoms with E-state index in [2.05, 4.69) is 19.1 Å². The van der Waals surface area contributed by atoms with Gasteiger partial charge in [-0.25, -0.2) is 4.79 Å². The zero-order valence-corrected chi connectivity index (χ0v) is 11.5. The molecule has 0 unspecified atom stereocenters. The van der Waals surface area contributed by atoms with Crippen molar-refractivity contribution in [2.75, 3.05) is 13.1 Å². The van der Waals surface area contributed by atoms with Gasteiger partial charge in [0.2, 0.25) is 0 Å². The van der Waals surface area contributed by atoms with Crippen molar-refractivity contribution in [1.82, 2.24) is 4.90 Å². The molecule has 1 saturated heterocycles. The second-order valence-electron chi connectivity index (χ2n) is 5.72. The largest absolute Gasteiger partial charge is 0.444 e. The van der Waals surface area contributed by atoms with Crippen molar-refractivity contribution in [3.05, 3.63) is 12.2 Å². The molecule has 0 aromatic carbocycles. The van der Waals surface area contributed by atoms with Gasteiger partial charge >= 0.3 is 6.09 Å². The Morgan fingerprint density at radius 1 is 1.35 bits per heavy atom. The van der Waals surface area contributed by atoms with E-state index in [0.29, 0.717) is 0 Å². The van der Waals surface area contributed by atoms with Crippen LogP contribution in [0.3, 0.4) is 0 Å². The molecule has 0 N–H and O–H groups in total. The Morgan fingerprint density at radius 2 is 1.94 bits per heavy atom. The molecule has 1 aliphatic heterocycles. The molecule has 98 valence electrons. The van der Waals surface area contributed by atoms with E-state index in [0.717, 1.165) is 38.3 Å². The molecule has 1 aliphatic rings. The highest BCUT2D eigenvalue weighted by Crippen LogP contribution is 2.22. The van der Waals surface area contributed by atoms with Crippen LogP contribution < -0.4 is 0 Å². The van der Waals surface area contributed by atoms with Crippen LogP contribution in [0.4, 0.5) is 4.79 Å². The summed E-state index contributed by atoms with van der Waals surface area (Å²) in [7, 11) is 0. The van der Waals surface area contributed by atoms with Crippen molar-refractivity contribution in [2.45, 2.75) is 52.6 Å². The van der Waals surface area contributed by atoms with E-state index in [-0.39, 0.29) is 11.7 Å². The lowest BCUT2D eigenvalue weighted by atomic mass is 9.94. The minimum Gasteiger partial charge on any atom is -0.444 e. The lowest BCUT2D eigenvalue weighted by Crippen LogP contribution is -2.41. The van der Waals surface area contributed by atoms with E-state index in [1.54, 1.807) is 0 Å². The predicted octanol–water partition coefficient (Wildman–Crippen LogP) is 3.60. The van der Waals surface area contributed by atoms with Gasteiger partial charge in [0.25, 0.3) is 0 Å². The second-order valence-corrected chi connectivity index (χ2v) is 5.72.